The normalized spacial score (nSPS) is 11.1. The Morgan fingerprint density at radius 1 is 1.50 bits per heavy atom. The van der Waals surface area contributed by atoms with E-state index in [2.05, 4.69) is 10.3 Å². The first-order valence-corrected chi connectivity index (χ1v) is 5.94. The molecular weight excluding hydrogens is 228 g/mol. The maximum absolute atomic E-state index is 11.9. The molecule has 5 nitrogen and oxygen atoms in total. The maximum atomic E-state index is 11.9. The van der Waals surface area contributed by atoms with E-state index >= 15 is 0 Å². The molecule has 2 aromatic heterocycles. The lowest BCUT2D eigenvalue weighted by atomic mass is 10.3. The van der Waals surface area contributed by atoms with Crippen molar-refractivity contribution in [2.24, 2.45) is 0 Å². The molecular formula is C13H18N4O. The predicted octanol–water partition coefficient (Wildman–Crippen LogP) is 0.934. The van der Waals surface area contributed by atoms with E-state index in [1.165, 1.54) is 0 Å². The third-order valence-electron chi connectivity index (χ3n) is 2.69. The third kappa shape index (κ3) is 2.87. The van der Waals surface area contributed by atoms with Crippen molar-refractivity contribution in [3.8, 4) is 0 Å². The van der Waals surface area contributed by atoms with Crippen LogP contribution in [-0.4, -0.2) is 47.4 Å². The Labute approximate surface area is 106 Å². The van der Waals surface area contributed by atoms with E-state index in [0.29, 0.717) is 12.2 Å². The quantitative estimate of drug-likeness (QED) is 0.873. The molecule has 1 N–H and O–H groups in total. The van der Waals surface area contributed by atoms with Gasteiger partial charge in [0.25, 0.3) is 5.91 Å². The predicted molar refractivity (Wildman–Crippen MR) is 70.8 cm³/mol. The summed E-state index contributed by atoms with van der Waals surface area (Å²) in [6.45, 7) is 3.45. The Hall–Kier alpha value is -1.88. The minimum Gasteiger partial charge on any atom is -0.349 e. The summed E-state index contributed by atoms with van der Waals surface area (Å²) in [5.41, 5.74) is 2.39. The van der Waals surface area contributed by atoms with Gasteiger partial charge in [0.2, 0.25) is 0 Å². The van der Waals surface area contributed by atoms with Crippen molar-refractivity contribution in [2.75, 3.05) is 27.2 Å². The summed E-state index contributed by atoms with van der Waals surface area (Å²) in [5, 5.41) is 2.85. The molecule has 0 radical (unpaired) electrons. The number of nitrogens with zero attached hydrogens (tertiary/aromatic N) is 3. The van der Waals surface area contributed by atoms with Gasteiger partial charge in [-0.15, -0.1) is 0 Å². The number of nitrogens with one attached hydrogen (secondary N) is 1. The molecule has 96 valence electrons. The largest absolute Gasteiger partial charge is 0.349 e. The fraction of sp³-hybridized carbons (Fsp3) is 0.385. The van der Waals surface area contributed by atoms with Gasteiger partial charge >= 0.3 is 0 Å². The van der Waals surface area contributed by atoms with Crippen LogP contribution in [0.25, 0.3) is 5.65 Å². The molecule has 0 bridgehead atoms. The van der Waals surface area contributed by atoms with Crippen molar-refractivity contribution < 1.29 is 4.79 Å². The first kappa shape index (κ1) is 12.6. The molecule has 0 spiro atoms. The molecule has 5 heteroatoms. The summed E-state index contributed by atoms with van der Waals surface area (Å²) in [4.78, 5) is 18.2. The lowest BCUT2D eigenvalue weighted by Crippen LogP contribution is -2.31. The van der Waals surface area contributed by atoms with E-state index in [9.17, 15) is 4.79 Å². The molecule has 0 atom stereocenters. The fourth-order valence-electron chi connectivity index (χ4n) is 1.68. The van der Waals surface area contributed by atoms with E-state index < -0.39 is 0 Å². The van der Waals surface area contributed by atoms with E-state index in [-0.39, 0.29) is 5.91 Å². The Morgan fingerprint density at radius 2 is 2.28 bits per heavy atom. The van der Waals surface area contributed by atoms with Crippen LogP contribution in [0.5, 0.6) is 0 Å². The zero-order chi connectivity index (χ0) is 13.1. The van der Waals surface area contributed by atoms with Crippen molar-refractivity contribution in [3.05, 3.63) is 35.8 Å². The van der Waals surface area contributed by atoms with Gasteiger partial charge in [-0.1, -0.05) is 0 Å². The number of carbonyl (C=O) groups is 1. The zero-order valence-electron chi connectivity index (χ0n) is 11.0. The SMILES string of the molecule is Cc1ccn2cc(C(=O)NCCN(C)C)nc2c1. The Morgan fingerprint density at radius 3 is 3.00 bits per heavy atom. The first-order valence-electron chi connectivity index (χ1n) is 5.94. The lowest BCUT2D eigenvalue weighted by Gasteiger charge is -2.09. The van der Waals surface area contributed by atoms with Gasteiger partial charge in [0.15, 0.2) is 0 Å². The van der Waals surface area contributed by atoms with Crippen LogP contribution < -0.4 is 5.32 Å². The summed E-state index contributed by atoms with van der Waals surface area (Å²) in [7, 11) is 3.94. The Kier molecular flexibility index (Phi) is 3.62. The molecule has 0 aliphatic rings. The van der Waals surface area contributed by atoms with Gasteiger partial charge in [-0.05, 0) is 38.7 Å². The average Bonchev–Trinajstić information content (AvgIpc) is 2.71. The molecule has 2 rings (SSSR count). The van der Waals surface area contributed by atoms with Crippen molar-refractivity contribution in [1.82, 2.24) is 19.6 Å². The average molecular weight is 246 g/mol. The second-order valence-corrected chi connectivity index (χ2v) is 4.65. The van der Waals surface area contributed by atoms with E-state index in [1.54, 1.807) is 6.20 Å². The zero-order valence-corrected chi connectivity index (χ0v) is 11.0. The highest BCUT2D eigenvalue weighted by molar-refractivity contribution is 5.92. The van der Waals surface area contributed by atoms with Crippen LogP contribution in [0.3, 0.4) is 0 Å². The highest BCUT2D eigenvalue weighted by Gasteiger charge is 2.09. The number of hydrogen-bond donors (Lipinski definition) is 1. The molecule has 18 heavy (non-hydrogen) atoms. The number of amides is 1. The van der Waals surface area contributed by atoms with E-state index in [0.717, 1.165) is 17.8 Å². The Balaban J connectivity index is 2.08. The molecule has 0 aliphatic carbocycles. The number of hydrogen-bond acceptors (Lipinski definition) is 3. The molecule has 0 aromatic carbocycles. The number of rotatable bonds is 4. The van der Waals surface area contributed by atoms with Crippen molar-refractivity contribution in [3.63, 3.8) is 0 Å². The van der Waals surface area contributed by atoms with Crippen molar-refractivity contribution >= 4 is 11.6 Å². The number of carbonyl (C=O) groups excluding carboxylic acids is 1. The monoisotopic (exact) mass is 246 g/mol. The topological polar surface area (TPSA) is 49.6 Å². The molecule has 2 heterocycles. The smallest absolute Gasteiger partial charge is 0.271 e. The number of aryl methyl sites for hydroxylation is 1. The lowest BCUT2D eigenvalue weighted by molar-refractivity contribution is 0.0946. The van der Waals surface area contributed by atoms with Crippen LogP contribution in [0.2, 0.25) is 0 Å². The van der Waals surface area contributed by atoms with Crippen molar-refractivity contribution in [2.45, 2.75) is 6.92 Å². The molecule has 0 saturated carbocycles. The van der Waals surface area contributed by atoms with Gasteiger partial charge in [-0.2, -0.15) is 0 Å². The van der Waals surface area contributed by atoms with Gasteiger partial charge in [0, 0.05) is 25.5 Å². The summed E-state index contributed by atoms with van der Waals surface area (Å²) < 4.78 is 1.86. The van der Waals surface area contributed by atoms with Crippen molar-refractivity contribution in [1.29, 1.82) is 0 Å². The number of likely N-dealkylation sites (N-methyl/N-ethyl adjacent to an activating group) is 1. The van der Waals surface area contributed by atoms with Crippen LogP contribution >= 0.6 is 0 Å². The van der Waals surface area contributed by atoms with Crippen LogP contribution in [0.4, 0.5) is 0 Å². The molecule has 0 unspecified atom stereocenters. The fourth-order valence-corrected chi connectivity index (χ4v) is 1.68. The van der Waals surface area contributed by atoms with E-state index in [4.69, 9.17) is 0 Å². The maximum Gasteiger partial charge on any atom is 0.271 e. The number of pyridine rings is 1. The molecule has 1 amide bonds. The van der Waals surface area contributed by atoms with Gasteiger partial charge in [0.05, 0.1) is 0 Å². The highest BCUT2D eigenvalue weighted by atomic mass is 16.1. The molecule has 0 fully saturated rings. The van der Waals surface area contributed by atoms with Gasteiger partial charge in [-0.3, -0.25) is 4.79 Å². The third-order valence-corrected chi connectivity index (χ3v) is 2.69. The summed E-state index contributed by atoms with van der Waals surface area (Å²) in [6, 6.07) is 3.94. The van der Waals surface area contributed by atoms with Gasteiger partial charge in [0.1, 0.15) is 11.3 Å². The minimum atomic E-state index is -0.127. The summed E-state index contributed by atoms with van der Waals surface area (Å²) >= 11 is 0. The minimum absolute atomic E-state index is 0.127. The van der Waals surface area contributed by atoms with Crippen LogP contribution in [-0.2, 0) is 0 Å². The second-order valence-electron chi connectivity index (χ2n) is 4.65. The van der Waals surface area contributed by atoms with Gasteiger partial charge < -0.3 is 14.6 Å². The van der Waals surface area contributed by atoms with Crippen LogP contribution in [0, 0.1) is 6.92 Å². The van der Waals surface area contributed by atoms with Gasteiger partial charge in [-0.25, -0.2) is 4.98 Å². The standard InChI is InChI=1S/C13H18N4O/c1-10-4-6-17-9-11(15-12(17)8-10)13(18)14-5-7-16(2)3/h4,6,8-9H,5,7H2,1-3H3,(H,14,18). The highest BCUT2D eigenvalue weighted by Crippen LogP contribution is 2.07. The number of fused-ring (bicyclic) bond motifs is 1. The van der Waals surface area contributed by atoms with Crippen LogP contribution in [0.15, 0.2) is 24.5 Å². The molecule has 0 saturated heterocycles. The number of imidazole rings is 1. The summed E-state index contributed by atoms with van der Waals surface area (Å²) in [6.07, 6.45) is 3.66. The Bertz CT molecular complexity index is 559. The second kappa shape index (κ2) is 5.18. The number of aromatic nitrogens is 2. The first-order chi connectivity index (χ1) is 8.56. The van der Waals surface area contributed by atoms with Crippen LogP contribution in [0.1, 0.15) is 16.1 Å². The molecule has 0 aliphatic heterocycles. The van der Waals surface area contributed by atoms with E-state index in [1.807, 2.05) is 48.6 Å². The summed E-state index contributed by atoms with van der Waals surface area (Å²) in [5.74, 6) is -0.127. The molecule has 2 aromatic rings.